The molecule has 0 radical (unpaired) electrons. The van der Waals surface area contributed by atoms with Crippen LogP contribution in [-0.2, 0) is 6.42 Å². The van der Waals surface area contributed by atoms with Crippen molar-refractivity contribution in [3.63, 3.8) is 0 Å². The molecule has 0 atom stereocenters. The van der Waals surface area contributed by atoms with Gasteiger partial charge in [0.05, 0.1) is 5.39 Å². The van der Waals surface area contributed by atoms with Gasteiger partial charge in [-0.3, -0.25) is 0 Å². The van der Waals surface area contributed by atoms with E-state index in [0.717, 1.165) is 63.7 Å². The highest BCUT2D eigenvalue weighted by Gasteiger charge is 2.15. The molecule has 0 aliphatic rings. The Kier molecular flexibility index (Phi) is 4.63. The summed E-state index contributed by atoms with van der Waals surface area (Å²) in [5.74, 6) is 0.904. The van der Waals surface area contributed by atoms with E-state index in [1.165, 1.54) is 0 Å². The number of fused-ring (bicyclic) bond motifs is 3. The van der Waals surface area contributed by atoms with Gasteiger partial charge in [0.2, 0.25) is 0 Å². The first-order valence-electron chi connectivity index (χ1n) is 9.67. The Morgan fingerprint density at radius 3 is 2.46 bits per heavy atom. The lowest BCUT2D eigenvalue weighted by Crippen LogP contribution is -2.08. The summed E-state index contributed by atoms with van der Waals surface area (Å²) in [4.78, 5) is 11.6. The lowest BCUT2D eigenvalue weighted by atomic mass is 10.2. The average molecular weight is 374 g/mol. The molecule has 4 rings (SSSR count). The zero-order valence-corrected chi connectivity index (χ0v) is 17.1. The summed E-state index contributed by atoms with van der Waals surface area (Å²) in [5.41, 5.74) is 6.96. The van der Waals surface area contributed by atoms with Crippen molar-refractivity contribution >= 4 is 33.9 Å². The highest BCUT2D eigenvalue weighted by molar-refractivity contribution is 5.93. The minimum absolute atomic E-state index is 0.740. The van der Waals surface area contributed by atoms with Gasteiger partial charge < -0.3 is 10.2 Å². The number of hydrogen-bond acceptors (Lipinski definition) is 5. The predicted octanol–water partition coefficient (Wildman–Crippen LogP) is 4.66. The second-order valence-electron chi connectivity index (χ2n) is 7.46. The zero-order valence-electron chi connectivity index (χ0n) is 17.1. The molecule has 0 aliphatic heterocycles. The number of anilines is 3. The van der Waals surface area contributed by atoms with Crippen molar-refractivity contribution in [2.24, 2.45) is 0 Å². The van der Waals surface area contributed by atoms with Crippen LogP contribution in [0.25, 0.3) is 16.7 Å². The van der Waals surface area contributed by atoms with Crippen LogP contribution in [0.3, 0.4) is 0 Å². The van der Waals surface area contributed by atoms with E-state index in [9.17, 15) is 0 Å². The molecule has 28 heavy (non-hydrogen) atoms. The van der Waals surface area contributed by atoms with Gasteiger partial charge in [-0.25, -0.2) is 9.97 Å². The van der Waals surface area contributed by atoms with E-state index in [2.05, 4.69) is 65.4 Å². The third kappa shape index (κ3) is 3.26. The lowest BCUT2D eigenvalue weighted by molar-refractivity contribution is 0.864. The van der Waals surface area contributed by atoms with Crippen LogP contribution >= 0.6 is 0 Å². The van der Waals surface area contributed by atoms with Crippen LogP contribution < -0.4 is 10.2 Å². The molecule has 0 spiro atoms. The zero-order chi connectivity index (χ0) is 19.8. The van der Waals surface area contributed by atoms with E-state index in [-0.39, 0.29) is 0 Å². The molecule has 0 aliphatic carbocycles. The Labute approximate surface area is 165 Å². The predicted molar refractivity (Wildman–Crippen MR) is 116 cm³/mol. The number of aromatic nitrogens is 4. The van der Waals surface area contributed by atoms with Gasteiger partial charge in [0.15, 0.2) is 11.3 Å². The van der Waals surface area contributed by atoms with Crippen molar-refractivity contribution in [3.05, 3.63) is 53.3 Å². The standard InChI is InChI=1S/C22H26N6/c1-6-7-17-13-19(24-16-8-10-18(11-9-16)27(4)5)28-22(25-17)20-14(2)12-15(3)23-21(20)26-28/h8-13,24H,6-7H2,1-5H3. The van der Waals surface area contributed by atoms with E-state index in [0.29, 0.717) is 0 Å². The fraction of sp³-hybridized carbons (Fsp3) is 0.318. The molecule has 4 aromatic rings. The Balaban J connectivity index is 1.87. The smallest absolute Gasteiger partial charge is 0.184 e. The van der Waals surface area contributed by atoms with Crippen LogP contribution in [-0.4, -0.2) is 33.7 Å². The highest BCUT2D eigenvalue weighted by Crippen LogP contribution is 2.27. The van der Waals surface area contributed by atoms with Crippen LogP contribution in [0.4, 0.5) is 17.2 Å². The first-order chi connectivity index (χ1) is 13.5. The van der Waals surface area contributed by atoms with E-state index in [1.54, 1.807) is 0 Å². The summed E-state index contributed by atoms with van der Waals surface area (Å²) >= 11 is 0. The molecule has 0 amide bonds. The molecular weight excluding hydrogens is 348 g/mol. The third-order valence-electron chi connectivity index (χ3n) is 4.89. The monoisotopic (exact) mass is 374 g/mol. The number of rotatable bonds is 5. The maximum absolute atomic E-state index is 4.90. The van der Waals surface area contributed by atoms with Crippen molar-refractivity contribution < 1.29 is 0 Å². The van der Waals surface area contributed by atoms with Gasteiger partial charge in [0.25, 0.3) is 0 Å². The SMILES string of the molecule is CCCc1cc(Nc2ccc(N(C)C)cc2)n2nc3nc(C)cc(C)c3c2n1. The topological polar surface area (TPSA) is 58.4 Å². The normalized spacial score (nSPS) is 11.3. The van der Waals surface area contributed by atoms with Crippen molar-refractivity contribution in [1.82, 2.24) is 19.6 Å². The maximum Gasteiger partial charge on any atom is 0.184 e. The highest BCUT2D eigenvalue weighted by atomic mass is 15.3. The van der Waals surface area contributed by atoms with Crippen LogP contribution in [0.2, 0.25) is 0 Å². The molecule has 3 aromatic heterocycles. The first-order valence-corrected chi connectivity index (χ1v) is 9.67. The van der Waals surface area contributed by atoms with E-state index in [1.807, 2.05) is 25.5 Å². The number of aryl methyl sites for hydroxylation is 3. The number of nitrogens with one attached hydrogen (secondary N) is 1. The summed E-state index contributed by atoms with van der Waals surface area (Å²) in [5, 5.41) is 9.30. The molecule has 144 valence electrons. The van der Waals surface area contributed by atoms with Crippen molar-refractivity contribution in [1.29, 1.82) is 0 Å². The Morgan fingerprint density at radius 2 is 1.79 bits per heavy atom. The molecule has 1 aromatic carbocycles. The van der Waals surface area contributed by atoms with Gasteiger partial charge in [-0.15, -0.1) is 5.10 Å². The molecule has 6 heteroatoms. The summed E-state index contributed by atoms with van der Waals surface area (Å²) in [6, 6.07) is 12.5. The second-order valence-corrected chi connectivity index (χ2v) is 7.46. The van der Waals surface area contributed by atoms with Gasteiger partial charge in [-0.1, -0.05) is 13.3 Å². The Morgan fingerprint density at radius 1 is 1.04 bits per heavy atom. The van der Waals surface area contributed by atoms with Gasteiger partial charge in [-0.05, 0) is 56.2 Å². The van der Waals surface area contributed by atoms with Crippen LogP contribution in [0, 0.1) is 13.8 Å². The van der Waals surface area contributed by atoms with Crippen molar-refractivity contribution in [2.45, 2.75) is 33.6 Å². The van der Waals surface area contributed by atoms with Gasteiger partial charge in [0, 0.05) is 42.9 Å². The first kappa shape index (κ1) is 18.2. The quantitative estimate of drug-likeness (QED) is 0.551. The number of nitrogens with zero attached hydrogens (tertiary/aromatic N) is 5. The van der Waals surface area contributed by atoms with Gasteiger partial charge in [-0.2, -0.15) is 4.52 Å². The molecule has 6 nitrogen and oxygen atoms in total. The van der Waals surface area contributed by atoms with Gasteiger partial charge >= 0.3 is 0 Å². The van der Waals surface area contributed by atoms with Crippen LogP contribution in [0.5, 0.6) is 0 Å². The summed E-state index contributed by atoms with van der Waals surface area (Å²) in [6.07, 6.45) is 1.97. The van der Waals surface area contributed by atoms with E-state index in [4.69, 9.17) is 10.1 Å². The van der Waals surface area contributed by atoms with Crippen molar-refractivity contribution in [2.75, 3.05) is 24.3 Å². The number of hydrogen-bond donors (Lipinski definition) is 1. The molecule has 0 unspecified atom stereocenters. The maximum atomic E-state index is 4.90. The second kappa shape index (κ2) is 7.11. The fourth-order valence-corrected chi connectivity index (χ4v) is 3.54. The molecule has 0 saturated heterocycles. The molecule has 0 fully saturated rings. The van der Waals surface area contributed by atoms with E-state index >= 15 is 0 Å². The minimum Gasteiger partial charge on any atom is -0.378 e. The average Bonchev–Trinajstić information content (AvgIpc) is 3.01. The Hall–Kier alpha value is -3.15. The largest absolute Gasteiger partial charge is 0.378 e. The van der Waals surface area contributed by atoms with Crippen LogP contribution in [0.15, 0.2) is 36.4 Å². The third-order valence-corrected chi connectivity index (χ3v) is 4.89. The molecule has 0 bridgehead atoms. The molecule has 3 heterocycles. The van der Waals surface area contributed by atoms with Crippen LogP contribution in [0.1, 0.15) is 30.3 Å². The number of benzene rings is 1. The molecule has 1 N–H and O–H groups in total. The Bertz CT molecular complexity index is 1140. The molecular formula is C22H26N6. The number of pyridine rings is 1. The summed E-state index contributed by atoms with van der Waals surface area (Å²) in [6.45, 7) is 6.27. The lowest BCUT2D eigenvalue weighted by Gasteiger charge is -2.14. The summed E-state index contributed by atoms with van der Waals surface area (Å²) in [7, 11) is 4.08. The fourth-order valence-electron chi connectivity index (χ4n) is 3.54. The van der Waals surface area contributed by atoms with Gasteiger partial charge in [0.1, 0.15) is 5.82 Å². The summed E-state index contributed by atoms with van der Waals surface area (Å²) < 4.78 is 1.88. The minimum atomic E-state index is 0.740. The van der Waals surface area contributed by atoms with Crippen molar-refractivity contribution in [3.8, 4) is 0 Å². The molecule has 0 saturated carbocycles. The van der Waals surface area contributed by atoms with E-state index < -0.39 is 0 Å².